The summed E-state index contributed by atoms with van der Waals surface area (Å²) in [6.45, 7) is 5.39. The van der Waals surface area contributed by atoms with E-state index in [0.29, 0.717) is 5.56 Å². The highest BCUT2D eigenvalue weighted by atomic mass is 16.5. The maximum Gasteiger partial charge on any atom is 0.338 e. The molecule has 0 radical (unpaired) electrons. The highest BCUT2D eigenvalue weighted by Crippen LogP contribution is 2.33. The van der Waals surface area contributed by atoms with Crippen LogP contribution in [0.4, 0.5) is 0 Å². The van der Waals surface area contributed by atoms with Crippen LogP contribution in [-0.2, 0) is 9.47 Å². The molecule has 3 heteroatoms. The number of rotatable bonds is 11. The zero-order chi connectivity index (χ0) is 21.9. The van der Waals surface area contributed by atoms with Crippen LogP contribution >= 0.6 is 0 Å². The van der Waals surface area contributed by atoms with E-state index < -0.39 is 0 Å². The fraction of sp³-hybridized carbons (Fsp3) is 0.750. The number of esters is 1. The second-order valence-corrected chi connectivity index (χ2v) is 9.93. The predicted octanol–water partition coefficient (Wildman–Crippen LogP) is 8.03. The van der Waals surface area contributed by atoms with Crippen LogP contribution in [0, 0.1) is 11.8 Å². The van der Waals surface area contributed by atoms with Gasteiger partial charge in [0.2, 0.25) is 0 Å². The van der Waals surface area contributed by atoms with E-state index >= 15 is 0 Å². The first-order valence-corrected chi connectivity index (χ1v) is 13.1. The van der Waals surface area contributed by atoms with Gasteiger partial charge in [0.15, 0.2) is 0 Å². The summed E-state index contributed by atoms with van der Waals surface area (Å²) in [6.07, 6.45) is 17.6. The Morgan fingerprint density at radius 2 is 1.45 bits per heavy atom. The Morgan fingerprint density at radius 3 is 2.03 bits per heavy atom. The molecule has 0 amide bonds. The molecule has 3 nitrogen and oxygen atoms in total. The van der Waals surface area contributed by atoms with Crippen LogP contribution in [0.15, 0.2) is 24.3 Å². The molecule has 2 unspecified atom stereocenters. The molecule has 1 aliphatic carbocycles. The van der Waals surface area contributed by atoms with E-state index in [1.54, 1.807) is 0 Å². The van der Waals surface area contributed by atoms with Gasteiger partial charge >= 0.3 is 5.97 Å². The van der Waals surface area contributed by atoms with E-state index in [0.717, 1.165) is 37.7 Å². The number of ether oxygens (including phenoxy) is 2. The van der Waals surface area contributed by atoms with Gasteiger partial charge in [-0.25, -0.2) is 4.79 Å². The lowest BCUT2D eigenvalue weighted by atomic mass is 9.84. The van der Waals surface area contributed by atoms with Crippen molar-refractivity contribution in [1.82, 2.24) is 0 Å². The molecule has 1 aromatic rings. The monoisotopic (exact) mass is 428 g/mol. The third-order valence-corrected chi connectivity index (χ3v) is 7.39. The van der Waals surface area contributed by atoms with Crippen molar-refractivity contribution >= 4 is 5.97 Å². The van der Waals surface area contributed by atoms with Crippen molar-refractivity contribution in [1.29, 1.82) is 0 Å². The van der Waals surface area contributed by atoms with Crippen molar-refractivity contribution in [3.05, 3.63) is 35.4 Å². The molecule has 0 aromatic heterocycles. The molecule has 1 saturated heterocycles. The van der Waals surface area contributed by atoms with Crippen LogP contribution in [0.25, 0.3) is 0 Å². The summed E-state index contributed by atoms with van der Waals surface area (Å²) in [4.78, 5) is 12.6. The number of benzene rings is 1. The molecule has 3 rings (SSSR count). The fourth-order valence-corrected chi connectivity index (χ4v) is 5.25. The molecule has 2 atom stereocenters. The summed E-state index contributed by atoms with van der Waals surface area (Å²) < 4.78 is 12.0. The molecule has 1 heterocycles. The highest BCUT2D eigenvalue weighted by Gasteiger charge is 2.25. The van der Waals surface area contributed by atoms with Gasteiger partial charge in [0.25, 0.3) is 0 Å². The fourth-order valence-electron chi connectivity index (χ4n) is 5.25. The molecule has 0 spiro atoms. The lowest BCUT2D eigenvalue weighted by Crippen LogP contribution is -2.24. The molecular formula is C28H44O3. The van der Waals surface area contributed by atoms with Gasteiger partial charge in [-0.1, -0.05) is 70.9 Å². The Labute approximate surface area is 190 Å². The Balaban J connectivity index is 1.39. The van der Waals surface area contributed by atoms with Crippen molar-refractivity contribution < 1.29 is 14.3 Å². The minimum atomic E-state index is -0.165. The Kier molecular flexibility index (Phi) is 10.4. The van der Waals surface area contributed by atoms with Crippen molar-refractivity contribution in [2.24, 2.45) is 11.8 Å². The lowest BCUT2D eigenvalue weighted by molar-refractivity contribution is -0.0199. The van der Waals surface area contributed by atoms with Crippen LogP contribution < -0.4 is 0 Å². The zero-order valence-electron chi connectivity index (χ0n) is 20.0. The minimum absolute atomic E-state index is 0.0981. The maximum atomic E-state index is 12.6. The van der Waals surface area contributed by atoms with E-state index in [1.807, 2.05) is 12.1 Å². The summed E-state index contributed by atoms with van der Waals surface area (Å²) in [5, 5.41) is 0. The van der Waals surface area contributed by atoms with Crippen molar-refractivity contribution in [3.63, 3.8) is 0 Å². The van der Waals surface area contributed by atoms with Crippen molar-refractivity contribution in [3.8, 4) is 0 Å². The molecule has 1 saturated carbocycles. The maximum absolute atomic E-state index is 12.6. The first kappa shape index (κ1) is 24.3. The number of unbranched alkanes of at least 4 members (excludes halogenated alkanes) is 4. The third kappa shape index (κ3) is 7.93. The SMILES string of the molecule is CCCCCC1CCC(OC(=O)c2ccc(C3CCC(CCCCC)CO3)cc2)CC1. The smallest absolute Gasteiger partial charge is 0.338 e. The molecule has 174 valence electrons. The highest BCUT2D eigenvalue weighted by molar-refractivity contribution is 5.89. The second kappa shape index (κ2) is 13.3. The van der Waals surface area contributed by atoms with E-state index in [-0.39, 0.29) is 18.2 Å². The molecule has 1 aromatic carbocycles. The molecule has 0 N–H and O–H groups in total. The average Bonchev–Trinajstić information content (AvgIpc) is 2.81. The second-order valence-electron chi connectivity index (χ2n) is 9.93. The van der Waals surface area contributed by atoms with E-state index in [4.69, 9.17) is 9.47 Å². The van der Waals surface area contributed by atoms with E-state index in [1.165, 1.54) is 76.2 Å². The van der Waals surface area contributed by atoms with Gasteiger partial charge < -0.3 is 9.47 Å². The molecule has 1 aliphatic heterocycles. The van der Waals surface area contributed by atoms with Gasteiger partial charge in [-0.15, -0.1) is 0 Å². The van der Waals surface area contributed by atoms with Crippen LogP contribution in [0.1, 0.15) is 126 Å². The molecular weight excluding hydrogens is 384 g/mol. The molecule has 2 fully saturated rings. The van der Waals surface area contributed by atoms with Gasteiger partial charge in [-0.05, 0) is 74.5 Å². The number of carbonyl (C=O) groups is 1. The van der Waals surface area contributed by atoms with Gasteiger partial charge in [-0.2, -0.15) is 0 Å². The summed E-state index contributed by atoms with van der Waals surface area (Å²) in [6, 6.07) is 7.96. The number of hydrogen-bond donors (Lipinski definition) is 0. The van der Waals surface area contributed by atoms with Gasteiger partial charge in [-0.3, -0.25) is 0 Å². The van der Waals surface area contributed by atoms with Crippen LogP contribution in [0.2, 0.25) is 0 Å². The summed E-state index contributed by atoms with van der Waals surface area (Å²) in [5.74, 6) is 1.39. The standard InChI is InChI=1S/C28H44O3/c1-3-5-7-9-22-11-18-26(19-12-22)31-28(29)25-16-14-24(15-17-25)27-20-13-23(21-30-27)10-8-6-4-2/h14-17,22-23,26-27H,3-13,18-21H2,1-2H3. The van der Waals surface area contributed by atoms with Gasteiger partial charge in [0.1, 0.15) is 6.10 Å². The third-order valence-electron chi connectivity index (χ3n) is 7.39. The predicted molar refractivity (Wildman–Crippen MR) is 127 cm³/mol. The van der Waals surface area contributed by atoms with Crippen LogP contribution in [0.3, 0.4) is 0 Å². The quantitative estimate of drug-likeness (QED) is 0.264. The summed E-state index contributed by atoms with van der Waals surface area (Å²) in [5.41, 5.74) is 1.86. The van der Waals surface area contributed by atoms with Gasteiger partial charge in [0, 0.05) is 0 Å². The normalized spacial score (nSPS) is 26.5. The Bertz CT molecular complexity index is 622. The first-order chi connectivity index (χ1) is 15.2. The van der Waals surface area contributed by atoms with E-state index in [9.17, 15) is 4.79 Å². The Morgan fingerprint density at radius 1 is 0.839 bits per heavy atom. The lowest BCUT2D eigenvalue weighted by Gasteiger charge is -2.29. The topological polar surface area (TPSA) is 35.5 Å². The molecule has 0 bridgehead atoms. The van der Waals surface area contributed by atoms with Crippen molar-refractivity contribution in [2.45, 2.75) is 116 Å². The number of hydrogen-bond acceptors (Lipinski definition) is 3. The Hall–Kier alpha value is -1.35. The molecule has 31 heavy (non-hydrogen) atoms. The molecule has 2 aliphatic rings. The van der Waals surface area contributed by atoms with Crippen LogP contribution in [-0.4, -0.2) is 18.7 Å². The summed E-state index contributed by atoms with van der Waals surface area (Å²) in [7, 11) is 0. The largest absolute Gasteiger partial charge is 0.459 e. The number of carbonyl (C=O) groups excluding carboxylic acids is 1. The average molecular weight is 429 g/mol. The summed E-state index contributed by atoms with van der Waals surface area (Å²) >= 11 is 0. The first-order valence-electron chi connectivity index (χ1n) is 13.1. The van der Waals surface area contributed by atoms with Crippen LogP contribution in [0.5, 0.6) is 0 Å². The van der Waals surface area contributed by atoms with Crippen molar-refractivity contribution in [2.75, 3.05) is 6.61 Å². The van der Waals surface area contributed by atoms with E-state index in [2.05, 4.69) is 26.0 Å². The zero-order valence-corrected chi connectivity index (χ0v) is 20.0. The van der Waals surface area contributed by atoms with Gasteiger partial charge in [0.05, 0.1) is 18.3 Å². The minimum Gasteiger partial charge on any atom is -0.459 e.